The van der Waals surface area contributed by atoms with Gasteiger partial charge in [0.2, 0.25) is 0 Å². The molecule has 0 unspecified atom stereocenters. The van der Waals surface area contributed by atoms with Crippen molar-refractivity contribution in [1.82, 2.24) is 0 Å². The van der Waals surface area contributed by atoms with Gasteiger partial charge in [-0.1, -0.05) is 36.4 Å². The van der Waals surface area contributed by atoms with Crippen LogP contribution in [0.2, 0.25) is 0 Å². The average Bonchev–Trinajstić information content (AvgIpc) is 2.54. The Morgan fingerprint density at radius 2 is 1.67 bits per heavy atom. The van der Waals surface area contributed by atoms with Crippen LogP contribution in [-0.2, 0) is 12.8 Å². The topological polar surface area (TPSA) is 9.23 Å². The van der Waals surface area contributed by atoms with Crippen molar-refractivity contribution in [2.45, 2.75) is 19.8 Å². The summed E-state index contributed by atoms with van der Waals surface area (Å²) in [6, 6.07) is 17.6. The van der Waals surface area contributed by atoms with Crippen molar-refractivity contribution < 1.29 is 4.74 Å². The summed E-state index contributed by atoms with van der Waals surface area (Å²) < 4.78 is 5.39. The van der Waals surface area contributed by atoms with Gasteiger partial charge in [-0.2, -0.15) is 0 Å². The maximum Gasteiger partial charge on any atom is 0.119 e. The molecule has 0 bridgehead atoms. The maximum absolute atomic E-state index is 5.39. The zero-order valence-electron chi connectivity index (χ0n) is 12.4. The predicted octanol–water partition coefficient (Wildman–Crippen LogP) is 4.92. The molecule has 21 heavy (non-hydrogen) atoms. The normalized spacial score (nSPS) is 12.9. The third kappa shape index (κ3) is 1.84. The zero-order chi connectivity index (χ0) is 14.4. The summed E-state index contributed by atoms with van der Waals surface area (Å²) >= 11 is 0. The predicted molar refractivity (Wildman–Crippen MR) is 88.1 cm³/mol. The van der Waals surface area contributed by atoms with E-state index in [2.05, 4.69) is 55.5 Å². The van der Waals surface area contributed by atoms with Gasteiger partial charge in [0.1, 0.15) is 5.75 Å². The van der Waals surface area contributed by atoms with Gasteiger partial charge >= 0.3 is 0 Å². The molecule has 1 aliphatic carbocycles. The summed E-state index contributed by atoms with van der Waals surface area (Å²) in [6.45, 7) is 2.20. The number of ether oxygens (including phenoxy) is 1. The van der Waals surface area contributed by atoms with Gasteiger partial charge in [0.05, 0.1) is 7.11 Å². The first-order valence-corrected chi connectivity index (χ1v) is 7.46. The minimum atomic E-state index is 0.926. The molecule has 0 aromatic heterocycles. The van der Waals surface area contributed by atoms with Crippen molar-refractivity contribution in [3.63, 3.8) is 0 Å². The average molecular weight is 274 g/mol. The Bertz CT molecular complexity index is 846. The van der Waals surface area contributed by atoms with E-state index >= 15 is 0 Å². The number of aryl methyl sites for hydroxylation is 3. The first-order chi connectivity index (χ1) is 10.3. The minimum Gasteiger partial charge on any atom is -0.497 e. The lowest BCUT2D eigenvalue weighted by Crippen LogP contribution is -2.05. The summed E-state index contributed by atoms with van der Waals surface area (Å²) in [4.78, 5) is 0. The van der Waals surface area contributed by atoms with E-state index in [9.17, 15) is 0 Å². The smallest absolute Gasteiger partial charge is 0.119 e. The molecule has 3 aromatic rings. The number of rotatable bonds is 1. The van der Waals surface area contributed by atoms with Gasteiger partial charge in [0, 0.05) is 0 Å². The molecule has 0 N–H and O–H groups in total. The molecule has 104 valence electrons. The molecule has 1 nitrogen and oxygen atoms in total. The van der Waals surface area contributed by atoms with Crippen LogP contribution in [0.1, 0.15) is 16.7 Å². The van der Waals surface area contributed by atoms with E-state index < -0.39 is 0 Å². The van der Waals surface area contributed by atoms with Crippen LogP contribution in [0.5, 0.6) is 5.75 Å². The van der Waals surface area contributed by atoms with Gasteiger partial charge in [0.25, 0.3) is 0 Å². The standard InChI is InChI=1S/C20H18O/c1-13-11-15-8-7-14-5-3-4-6-17(14)20(15)18-10-9-16(21-2)12-19(13)18/h3-6,9-12H,7-8H2,1-2H3. The Kier molecular flexibility index (Phi) is 2.75. The lowest BCUT2D eigenvalue weighted by atomic mass is 9.81. The number of benzene rings is 3. The SMILES string of the molecule is COc1ccc2c3c(cc(C)c2c1)CCc1ccccc1-3. The Balaban J connectivity index is 2.10. The van der Waals surface area contributed by atoms with Gasteiger partial charge in [-0.25, -0.2) is 0 Å². The van der Waals surface area contributed by atoms with E-state index in [-0.39, 0.29) is 0 Å². The van der Waals surface area contributed by atoms with Crippen LogP contribution in [0.3, 0.4) is 0 Å². The third-order valence-electron chi connectivity index (χ3n) is 4.58. The molecule has 1 heteroatoms. The fourth-order valence-corrected chi connectivity index (χ4v) is 3.55. The second kappa shape index (κ2) is 4.63. The third-order valence-corrected chi connectivity index (χ3v) is 4.58. The Morgan fingerprint density at radius 3 is 2.52 bits per heavy atom. The number of fused-ring (bicyclic) bond motifs is 5. The highest BCUT2D eigenvalue weighted by atomic mass is 16.5. The summed E-state index contributed by atoms with van der Waals surface area (Å²) in [6.07, 6.45) is 2.28. The van der Waals surface area contributed by atoms with Crippen molar-refractivity contribution >= 4 is 10.8 Å². The molecule has 3 aromatic carbocycles. The van der Waals surface area contributed by atoms with Crippen LogP contribution >= 0.6 is 0 Å². The van der Waals surface area contributed by atoms with Gasteiger partial charge in [-0.3, -0.25) is 0 Å². The van der Waals surface area contributed by atoms with E-state index in [1.165, 1.54) is 38.6 Å². The summed E-state index contributed by atoms with van der Waals surface area (Å²) in [7, 11) is 1.73. The molecular weight excluding hydrogens is 256 g/mol. The molecular formula is C20H18O. The van der Waals surface area contributed by atoms with Gasteiger partial charge in [-0.15, -0.1) is 0 Å². The molecule has 0 aliphatic heterocycles. The quantitative estimate of drug-likeness (QED) is 0.612. The molecule has 0 heterocycles. The lowest BCUT2D eigenvalue weighted by molar-refractivity contribution is 0.415. The fraction of sp³-hybridized carbons (Fsp3) is 0.200. The van der Waals surface area contributed by atoms with Gasteiger partial charge < -0.3 is 4.74 Å². The van der Waals surface area contributed by atoms with Crippen LogP contribution in [0.4, 0.5) is 0 Å². The number of hydrogen-bond donors (Lipinski definition) is 0. The highest BCUT2D eigenvalue weighted by Gasteiger charge is 2.19. The number of methoxy groups -OCH3 is 1. The van der Waals surface area contributed by atoms with Crippen molar-refractivity contribution in [2.75, 3.05) is 7.11 Å². The van der Waals surface area contributed by atoms with Crippen LogP contribution in [0.25, 0.3) is 21.9 Å². The van der Waals surface area contributed by atoms with E-state index in [1.54, 1.807) is 7.11 Å². The number of hydrogen-bond acceptors (Lipinski definition) is 1. The molecule has 0 saturated carbocycles. The summed E-state index contributed by atoms with van der Waals surface area (Å²) in [5.41, 5.74) is 7.09. The van der Waals surface area contributed by atoms with E-state index in [1.807, 2.05) is 0 Å². The van der Waals surface area contributed by atoms with E-state index in [4.69, 9.17) is 4.74 Å². The van der Waals surface area contributed by atoms with Gasteiger partial charge in [-0.05, 0) is 70.5 Å². The molecule has 4 rings (SSSR count). The first kappa shape index (κ1) is 12.5. The molecule has 0 fully saturated rings. The van der Waals surface area contributed by atoms with Crippen LogP contribution in [-0.4, -0.2) is 7.11 Å². The Labute approximate surface area is 125 Å². The monoisotopic (exact) mass is 274 g/mol. The second-order valence-electron chi connectivity index (χ2n) is 5.80. The Morgan fingerprint density at radius 1 is 0.857 bits per heavy atom. The van der Waals surface area contributed by atoms with Crippen LogP contribution < -0.4 is 4.74 Å². The van der Waals surface area contributed by atoms with Crippen molar-refractivity contribution in [3.8, 4) is 16.9 Å². The van der Waals surface area contributed by atoms with Gasteiger partial charge in [0.15, 0.2) is 0 Å². The lowest BCUT2D eigenvalue weighted by Gasteiger charge is -2.23. The van der Waals surface area contributed by atoms with Crippen molar-refractivity contribution in [1.29, 1.82) is 0 Å². The summed E-state index contributed by atoms with van der Waals surface area (Å²) in [5, 5.41) is 2.64. The highest BCUT2D eigenvalue weighted by Crippen LogP contribution is 2.40. The molecule has 0 atom stereocenters. The van der Waals surface area contributed by atoms with Crippen molar-refractivity contribution in [3.05, 3.63) is 65.2 Å². The second-order valence-corrected chi connectivity index (χ2v) is 5.80. The molecule has 1 aliphatic rings. The van der Waals surface area contributed by atoms with Crippen LogP contribution in [0.15, 0.2) is 48.5 Å². The molecule has 0 spiro atoms. The largest absolute Gasteiger partial charge is 0.497 e. The zero-order valence-corrected chi connectivity index (χ0v) is 12.4. The highest BCUT2D eigenvalue weighted by molar-refractivity contribution is 6.01. The van der Waals surface area contributed by atoms with E-state index in [0.29, 0.717) is 0 Å². The molecule has 0 amide bonds. The fourth-order valence-electron chi connectivity index (χ4n) is 3.55. The Hall–Kier alpha value is -2.28. The summed E-state index contributed by atoms with van der Waals surface area (Å²) in [5.74, 6) is 0.926. The minimum absolute atomic E-state index is 0.926. The first-order valence-electron chi connectivity index (χ1n) is 7.46. The van der Waals surface area contributed by atoms with E-state index in [0.717, 1.165) is 18.6 Å². The maximum atomic E-state index is 5.39. The van der Waals surface area contributed by atoms with Crippen molar-refractivity contribution in [2.24, 2.45) is 0 Å². The van der Waals surface area contributed by atoms with Crippen LogP contribution in [0, 0.1) is 6.92 Å². The molecule has 0 saturated heterocycles. The molecule has 0 radical (unpaired) electrons.